The van der Waals surface area contributed by atoms with Crippen LogP contribution in [0.2, 0.25) is 0 Å². The molecule has 3 atom stereocenters. The van der Waals surface area contributed by atoms with E-state index in [-0.39, 0.29) is 11.8 Å². The molecule has 0 amide bonds. The van der Waals surface area contributed by atoms with Gasteiger partial charge in [-0.15, -0.1) is 0 Å². The summed E-state index contributed by atoms with van der Waals surface area (Å²) in [6.45, 7) is 9.18. The first kappa shape index (κ1) is 21.5. The summed E-state index contributed by atoms with van der Waals surface area (Å²) in [5, 5.41) is 9.22. The van der Waals surface area contributed by atoms with Crippen LogP contribution in [0.5, 0.6) is 5.75 Å². The molecule has 1 aromatic carbocycles. The van der Waals surface area contributed by atoms with Crippen LogP contribution in [0.25, 0.3) is 0 Å². The van der Waals surface area contributed by atoms with Gasteiger partial charge in [-0.25, -0.2) is 0 Å². The fourth-order valence-corrected chi connectivity index (χ4v) is 3.19. The average molecular weight is 349 g/mol. The van der Waals surface area contributed by atoms with E-state index in [0.717, 1.165) is 24.5 Å². The molecule has 25 heavy (non-hydrogen) atoms. The highest BCUT2D eigenvalue weighted by Crippen LogP contribution is 2.22. The van der Waals surface area contributed by atoms with Crippen molar-refractivity contribution in [1.82, 2.24) is 0 Å². The molecule has 0 saturated heterocycles. The van der Waals surface area contributed by atoms with Crippen LogP contribution in [-0.2, 0) is 11.2 Å². The lowest BCUT2D eigenvalue weighted by Crippen LogP contribution is -2.21. The second kappa shape index (κ2) is 11.9. The Morgan fingerprint density at radius 2 is 1.80 bits per heavy atom. The Balaban J connectivity index is 2.47. The van der Waals surface area contributed by atoms with Crippen LogP contribution in [0.4, 0.5) is 0 Å². The molecule has 1 unspecified atom stereocenters. The minimum Gasteiger partial charge on any atom is -0.493 e. The van der Waals surface area contributed by atoms with E-state index in [2.05, 4.69) is 32.9 Å². The third kappa shape index (κ3) is 8.42. The topological polar surface area (TPSA) is 46.5 Å². The number of hydrogen-bond acceptors (Lipinski definition) is 2. The highest BCUT2D eigenvalue weighted by atomic mass is 16.5. The second-order valence-electron chi connectivity index (χ2n) is 7.36. The number of aliphatic carboxylic acids is 1. The molecule has 142 valence electrons. The molecule has 0 aromatic heterocycles. The summed E-state index contributed by atoms with van der Waals surface area (Å²) in [6, 6.07) is 8.40. The van der Waals surface area contributed by atoms with E-state index in [0.29, 0.717) is 19.4 Å². The number of carbonyl (C=O) groups is 1. The van der Waals surface area contributed by atoms with Crippen molar-refractivity contribution in [1.29, 1.82) is 0 Å². The maximum Gasteiger partial charge on any atom is 0.306 e. The van der Waals surface area contributed by atoms with Crippen LogP contribution in [0.15, 0.2) is 24.3 Å². The molecule has 0 saturated carbocycles. The zero-order chi connectivity index (χ0) is 18.7. The van der Waals surface area contributed by atoms with Gasteiger partial charge in [-0.05, 0) is 48.8 Å². The summed E-state index contributed by atoms with van der Waals surface area (Å²) in [7, 11) is 0. The smallest absolute Gasteiger partial charge is 0.306 e. The summed E-state index contributed by atoms with van der Waals surface area (Å²) in [5.41, 5.74) is 1.36. The molecule has 0 spiro atoms. The van der Waals surface area contributed by atoms with Gasteiger partial charge in [0.25, 0.3) is 0 Å². The molecule has 0 bridgehead atoms. The van der Waals surface area contributed by atoms with Gasteiger partial charge < -0.3 is 9.84 Å². The van der Waals surface area contributed by atoms with Crippen LogP contribution in [-0.4, -0.2) is 17.7 Å². The third-order valence-electron chi connectivity index (χ3n) is 5.08. The van der Waals surface area contributed by atoms with Crippen molar-refractivity contribution in [2.75, 3.05) is 6.61 Å². The molecule has 0 radical (unpaired) electrons. The Hall–Kier alpha value is -1.51. The summed E-state index contributed by atoms with van der Waals surface area (Å²) >= 11 is 0. The number of carboxylic acid groups (broad SMARTS) is 1. The highest BCUT2D eigenvalue weighted by Gasteiger charge is 2.20. The number of unbranched alkanes of at least 4 members (excludes halogenated alkanes) is 1. The quantitative estimate of drug-likeness (QED) is 0.478. The Morgan fingerprint density at radius 3 is 2.32 bits per heavy atom. The molecule has 1 aromatic rings. The first-order chi connectivity index (χ1) is 12.0. The number of ether oxygens (including phenoxy) is 1. The van der Waals surface area contributed by atoms with Gasteiger partial charge in [-0.2, -0.15) is 0 Å². The fourth-order valence-electron chi connectivity index (χ4n) is 3.19. The molecule has 0 heterocycles. The molecule has 0 aliphatic heterocycles. The summed E-state index contributed by atoms with van der Waals surface area (Å²) in [6.07, 6.45) is 7.28. The van der Waals surface area contributed by atoms with Crippen LogP contribution in [0, 0.1) is 17.8 Å². The lowest BCUT2D eigenvalue weighted by molar-refractivity contribution is -0.142. The normalized spacial score (nSPS) is 14.7. The molecule has 1 N–H and O–H groups in total. The van der Waals surface area contributed by atoms with Crippen LogP contribution in [0.3, 0.4) is 0 Å². The molecule has 3 nitrogen and oxygen atoms in total. The maximum absolute atomic E-state index is 11.2. The third-order valence-corrected chi connectivity index (χ3v) is 5.08. The van der Waals surface area contributed by atoms with E-state index in [4.69, 9.17) is 4.74 Å². The number of rotatable bonds is 13. The van der Waals surface area contributed by atoms with Crippen molar-refractivity contribution in [3.63, 3.8) is 0 Å². The van der Waals surface area contributed by atoms with Gasteiger partial charge in [-0.1, -0.05) is 65.5 Å². The molecular weight excluding hydrogens is 312 g/mol. The van der Waals surface area contributed by atoms with Crippen LogP contribution >= 0.6 is 0 Å². The number of hydrogen-bond donors (Lipinski definition) is 1. The molecular formula is C22H36O3. The van der Waals surface area contributed by atoms with Crippen LogP contribution in [0.1, 0.15) is 71.8 Å². The Morgan fingerprint density at radius 1 is 1.12 bits per heavy atom. The van der Waals surface area contributed by atoms with Gasteiger partial charge >= 0.3 is 5.97 Å². The number of benzene rings is 1. The van der Waals surface area contributed by atoms with Gasteiger partial charge in [0.05, 0.1) is 12.5 Å². The van der Waals surface area contributed by atoms with E-state index in [9.17, 15) is 9.90 Å². The van der Waals surface area contributed by atoms with Crippen molar-refractivity contribution in [2.45, 2.75) is 72.6 Å². The van der Waals surface area contributed by atoms with E-state index in [1.807, 2.05) is 19.1 Å². The zero-order valence-electron chi connectivity index (χ0n) is 16.5. The summed E-state index contributed by atoms with van der Waals surface area (Å²) in [4.78, 5) is 11.2. The minimum atomic E-state index is -0.692. The number of carboxylic acids is 1. The van der Waals surface area contributed by atoms with Gasteiger partial charge in [0.1, 0.15) is 5.75 Å². The predicted molar refractivity (Wildman–Crippen MR) is 104 cm³/mol. The van der Waals surface area contributed by atoms with Gasteiger partial charge in [-0.3, -0.25) is 4.79 Å². The van der Waals surface area contributed by atoms with Crippen molar-refractivity contribution in [3.05, 3.63) is 29.8 Å². The SMILES string of the molecule is CCCCC(C)Cc1ccc(OC[C@H](CC)C[C@H](CC)C(=O)O)cc1. The summed E-state index contributed by atoms with van der Waals surface area (Å²) in [5.74, 6) is 0.933. The molecule has 1 rings (SSSR count). The molecule has 3 heteroatoms. The van der Waals surface area contributed by atoms with Crippen LogP contribution < -0.4 is 4.74 Å². The van der Waals surface area contributed by atoms with E-state index in [1.165, 1.54) is 24.8 Å². The fraction of sp³-hybridized carbons (Fsp3) is 0.682. The first-order valence-electron chi connectivity index (χ1n) is 9.94. The maximum atomic E-state index is 11.2. The molecule has 0 aliphatic rings. The monoisotopic (exact) mass is 348 g/mol. The standard InChI is InChI=1S/C22H36O3/c1-5-8-9-17(4)14-19-10-12-21(13-11-19)25-16-18(6-2)15-20(7-3)22(23)24/h10-13,17-18,20H,5-9,14-16H2,1-4H3,(H,23,24)/t17?,18-,20+/m1/s1. The van der Waals surface area contributed by atoms with Crippen molar-refractivity contribution < 1.29 is 14.6 Å². The Bertz CT molecular complexity index is 481. The zero-order valence-corrected chi connectivity index (χ0v) is 16.5. The van der Waals surface area contributed by atoms with Crippen molar-refractivity contribution in [2.24, 2.45) is 17.8 Å². The largest absolute Gasteiger partial charge is 0.493 e. The van der Waals surface area contributed by atoms with Gasteiger partial charge in [0.15, 0.2) is 0 Å². The first-order valence-corrected chi connectivity index (χ1v) is 9.94. The predicted octanol–water partition coefficient (Wildman–Crippen LogP) is 5.96. The van der Waals surface area contributed by atoms with Gasteiger partial charge in [0, 0.05) is 0 Å². The Kier molecular flexibility index (Phi) is 10.3. The lowest BCUT2D eigenvalue weighted by Gasteiger charge is -2.19. The van der Waals surface area contributed by atoms with E-state index >= 15 is 0 Å². The van der Waals surface area contributed by atoms with Gasteiger partial charge in [0.2, 0.25) is 0 Å². The lowest BCUT2D eigenvalue weighted by atomic mass is 9.91. The van der Waals surface area contributed by atoms with Crippen molar-refractivity contribution in [3.8, 4) is 5.75 Å². The highest BCUT2D eigenvalue weighted by molar-refractivity contribution is 5.69. The molecule has 0 fully saturated rings. The Labute approximate surface area is 153 Å². The minimum absolute atomic E-state index is 0.263. The molecule has 0 aliphatic carbocycles. The second-order valence-corrected chi connectivity index (χ2v) is 7.36. The summed E-state index contributed by atoms with van der Waals surface area (Å²) < 4.78 is 5.92. The van der Waals surface area contributed by atoms with E-state index in [1.54, 1.807) is 0 Å². The van der Waals surface area contributed by atoms with Crippen molar-refractivity contribution >= 4 is 5.97 Å². The average Bonchev–Trinajstić information content (AvgIpc) is 2.61. The van der Waals surface area contributed by atoms with E-state index < -0.39 is 5.97 Å².